The van der Waals surface area contributed by atoms with Crippen molar-refractivity contribution >= 4 is 17.7 Å². The van der Waals surface area contributed by atoms with Gasteiger partial charge in [-0.15, -0.1) is 0 Å². The number of fused-ring (bicyclic) bond motifs is 2. The van der Waals surface area contributed by atoms with Gasteiger partial charge in [0.25, 0.3) is 0 Å². The molecule has 0 aromatic rings. The number of hydrogen-bond acceptors (Lipinski definition) is 5. The van der Waals surface area contributed by atoms with E-state index < -0.39 is 35.1 Å². The third-order valence-electron chi connectivity index (χ3n) is 7.64. The zero-order valence-electron chi connectivity index (χ0n) is 19.5. The van der Waals surface area contributed by atoms with Gasteiger partial charge in [0.1, 0.15) is 11.6 Å². The average Bonchev–Trinajstić information content (AvgIpc) is 3.04. The molecular formula is C24H35N3O5. The van der Waals surface area contributed by atoms with E-state index in [1.165, 1.54) is 4.90 Å². The van der Waals surface area contributed by atoms with E-state index >= 15 is 0 Å². The van der Waals surface area contributed by atoms with Gasteiger partial charge >= 0.3 is 0 Å². The smallest absolute Gasteiger partial charge is 0.249 e. The fraction of sp³-hybridized carbons (Fsp3) is 0.708. The van der Waals surface area contributed by atoms with Crippen LogP contribution in [0.5, 0.6) is 0 Å². The Morgan fingerprint density at radius 2 is 1.81 bits per heavy atom. The Morgan fingerprint density at radius 1 is 1.09 bits per heavy atom. The Balaban J connectivity index is 1.87. The predicted octanol–water partition coefficient (Wildman–Crippen LogP) is 0.955. The molecule has 8 heteroatoms. The largest absolute Gasteiger partial charge is 0.394 e. The molecule has 6 atom stereocenters. The second-order valence-electron chi connectivity index (χ2n) is 9.65. The fourth-order valence-corrected chi connectivity index (χ4v) is 5.99. The van der Waals surface area contributed by atoms with Crippen LogP contribution < -0.4 is 0 Å². The molecule has 0 bridgehead atoms. The molecule has 0 radical (unpaired) electrons. The third-order valence-corrected chi connectivity index (χ3v) is 7.64. The van der Waals surface area contributed by atoms with Gasteiger partial charge in [-0.3, -0.25) is 14.4 Å². The molecule has 3 amide bonds. The summed E-state index contributed by atoms with van der Waals surface area (Å²) in [6.45, 7) is 7.04. The van der Waals surface area contributed by atoms with Crippen molar-refractivity contribution in [3.8, 4) is 0 Å². The number of likely N-dealkylation sites (tertiary alicyclic amines) is 1. The van der Waals surface area contributed by atoms with Crippen LogP contribution in [0.2, 0.25) is 0 Å². The summed E-state index contributed by atoms with van der Waals surface area (Å²) in [7, 11) is 1.72. The molecule has 8 nitrogen and oxygen atoms in total. The van der Waals surface area contributed by atoms with Crippen LogP contribution in [0.4, 0.5) is 0 Å². The SMILES string of the molecule is CCCCN1CC=C[C@]23O[C@@]4(C)C=CCN(C)C(=O)[C@H]4[C@H]2C(=O)N([C@@H](CC)CO)C3C1=O. The Hall–Kier alpha value is -2.19. The summed E-state index contributed by atoms with van der Waals surface area (Å²) >= 11 is 0. The molecule has 1 unspecified atom stereocenters. The number of nitrogens with zero attached hydrogens (tertiary/aromatic N) is 3. The van der Waals surface area contributed by atoms with Crippen LogP contribution in [0.1, 0.15) is 40.0 Å². The highest BCUT2D eigenvalue weighted by Crippen LogP contribution is 2.57. The molecule has 32 heavy (non-hydrogen) atoms. The molecule has 0 aromatic heterocycles. The summed E-state index contributed by atoms with van der Waals surface area (Å²) in [6, 6.07) is -1.41. The molecule has 2 fully saturated rings. The summed E-state index contributed by atoms with van der Waals surface area (Å²) in [4.78, 5) is 46.2. The molecule has 0 saturated carbocycles. The first-order valence-corrected chi connectivity index (χ1v) is 11.8. The van der Waals surface area contributed by atoms with Crippen molar-refractivity contribution in [2.24, 2.45) is 11.8 Å². The van der Waals surface area contributed by atoms with Crippen molar-refractivity contribution in [2.45, 2.75) is 63.3 Å². The Bertz CT molecular complexity index is 853. The lowest BCUT2D eigenvalue weighted by Gasteiger charge is -2.40. The zero-order chi connectivity index (χ0) is 23.3. The lowest BCUT2D eigenvalue weighted by Crippen LogP contribution is -2.58. The lowest BCUT2D eigenvalue weighted by atomic mass is 9.74. The maximum atomic E-state index is 14.0. The number of rotatable bonds is 6. The standard InChI is InChI=1S/C24H35N3O5/c1-5-7-13-26-14-9-11-24-18(17-20(29)25(4)12-8-10-23(17,3)32-24)21(30)27(16(6-2)15-28)19(24)22(26)31/h8-11,16-19,28H,5-7,12-15H2,1-4H3/t16-,17+,18-,19?,23-,24-/m0/s1. The van der Waals surface area contributed by atoms with Gasteiger partial charge in [0.15, 0.2) is 0 Å². The minimum atomic E-state index is -1.24. The molecule has 1 spiro atoms. The molecule has 4 aliphatic heterocycles. The monoisotopic (exact) mass is 445 g/mol. The Kier molecular flexibility index (Phi) is 5.96. The second-order valence-corrected chi connectivity index (χ2v) is 9.65. The minimum Gasteiger partial charge on any atom is -0.394 e. The molecular weight excluding hydrogens is 410 g/mol. The van der Waals surface area contributed by atoms with Gasteiger partial charge in [-0.25, -0.2) is 0 Å². The van der Waals surface area contributed by atoms with Gasteiger partial charge in [-0.1, -0.05) is 44.6 Å². The molecule has 0 aromatic carbocycles. The van der Waals surface area contributed by atoms with Crippen molar-refractivity contribution < 1.29 is 24.2 Å². The summed E-state index contributed by atoms with van der Waals surface area (Å²) in [5.41, 5.74) is -2.23. The van der Waals surface area contributed by atoms with E-state index in [1.54, 1.807) is 16.8 Å². The van der Waals surface area contributed by atoms with Crippen LogP contribution >= 0.6 is 0 Å². The van der Waals surface area contributed by atoms with E-state index in [-0.39, 0.29) is 24.3 Å². The summed E-state index contributed by atoms with van der Waals surface area (Å²) in [6.07, 6.45) is 9.85. The van der Waals surface area contributed by atoms with Crippen molar-refractivity contribution in [2.75, 3.05) is 33.3 Å². The van der Waals surface area contributed by atoms with Gasteiger partial charge in [-0.05, 0) is 19.8 Å². The maximum absolute atomic E-state index is 14.0. The maximum Gasteiger partial charge on any atom is 0.249 e. The quantitative estimate of drug-likeness (QED) is 0.615. The first-order valence-electron chi connectivity index (χ1n) is 11.8. The van der Waals surface area contributed by atoms with Gasteiger partial charge in [-0.2, -0.15) is 0 Å². The highest BCUT2D eigenvalue weighted by molar-refractivity contribution is 6.00. The average molecular weight is 446 g/mol. The molecule has 1 N–H and O–H groups in total. The van der Waals surface area contributed by atoms with Crippen LogP contribution in [0.3, 0.4) is 0 Å². The number of carbonyl (C=O) groups is 3. The van der Waals surface area contributed by atoms with Crippen molar-refractivity contribution in [1.29, 1.82) is 0 Å². The van der Waals surface area contributed by atoms with Crippen LogP contribution in [0.15, 0.2) is 24.3 Å². The number of carbonyl (C=O) groups excluding carboxylic acids is 3. The number of hydrogen-bond donors (Lipinski definition) is 1. The molecule has 176 valence electrons. The fourth-order valence-electron chi connectivity index (χ4n) is 5.99. The van der Waals surface area contributed by atoms with E-state index in [4.69, 9.17) is 4.74 Å². The molecule has 2 saturated heterocycles. The van der Waals surface area contributed by atoms with Crippen molar-refractivity contribution in [3.05, 3.63) is 24.3 Å². The van der Waals surface area contributed by atoms with Gasteiger partial charge < -0.3 is 24.5 Å². The number of aliphatic hydroxyl groups excluding tert-OH is 1. The van der Waals surface area contributed by atoms with E-state index in [2.05, 4.69) is 6.92 Å². The normalized spacial score (nSPS) is 37.3. The van der Waals surface area contributed by atoms with Gasteiger partial charge in [0.2, 0.25) is 17.7 Å². The zero-order valence-corrected chi connectivity index (χ0v) is 19.5. The minimum absolute atomic E-state index is 0.154. The van der Waals surface area contributed by atoms with Gasteiger partial charge in [0.05, 0.1) is 30.1 Å². The van der Waals surface area contributed by atoms with E-state index in [0.717, 1.165) is 12.8 Å². The molecule has 4 aliphatic rings. The number of likely N-dealkylation sites (N-methyl/N-ethyl adjacent to an activating group) is 1. The van der Waals surface area contributed by atoms with Crippen LogP contribution in [0.25, 0.3) is 0 Å². The van der Waals surface area contributed by atoms with E-state index in [1.807, 2.05) is 38.2 Å². The first-order chi connectivity index (χ1) is 15.3. The van der Waals surface area contributed by atoms with Crippen LogP contribution in [-0.2, 0) is 19.1 Å². The third kappa shape index (κ3) is 3.14. The summed E-state index contributed by atoms with van der Waals surface area (Å²) < 4.78 is 6.70. The number of ether oxygens (including phenoxy) is 1. The topological polar surface area (TPSA) is 90.4 Å². The van der Waals surface area contributed by atoms with Crippen LogP contribution in [0, 0.1) is 11.8 Å². The Morgan fingerprint density at radius 3 is 2.47 bits per heavy atom. The second kappa shape index (κ2) is 8.30. The summed E-state index contributed by atoms with van der Waals surface area (Å²) in [5.74, 6) is -2.16. The lowest BCUT2D eigenvalue weighted by molar-refractivity contribution is -0.155. The van der Waals surface area contributed by atoms with E-state index in [9.17, 15) is 19.5 Å². The Labute approximate surface area is 189 Å². The van der Waals surface area contributed by atoms with Crippen molar-refractivity contribution in [1.82, 2.24) is 14.7 Å². The van der Waals surface area contributed by atoms with Crippen molar-refractivity contribution in [3.63, 3.8) is 0 Å². The highest BCUT2D eigenvalue weighted by Gasteiger charge is 2.75. The molecule has 4 rings (SSSR count). The van der Waals surface area contributed by atoms with Gasteiger partial charge in [0, 0.05) is 26.7 Å². The number of unbranched alkanes of at least 4 members (excludes halogenated alkanes) is 1. The predicted molar refractivity (Wildman–Crippen MR) is 118 cm³/mol. The first kappa shape index (κ1) is 23.0. The number of aliphatic hydroxyl groups is 1. The highest BCUT2D eigenvalue weighted by atomic mass is 16.5. The number of amides is 3. The van der Waals surface area contributed by atoms with E-state index in [0.29, 0.717) is 26.1 Å². The molecule has 0 aliphatic carbocycles. The summed E-state index contributed by atoms with van der Waals surface area (Å²) in [5, 5.41) is 10.1. The van der Waals surface area contributed by atoms with Crippen LogP contribution in [-0.4, -0.2) is 94.1 Å². The molecule has 4 heterocycles.